The molecule has 0 aliphatic rings. The molecule has 1 atom stereocenters. The van der Waals surface area contributed by atoms with Gasteiger partial charge in [0, 0.05) is 0 Å². The molecule has 0 aliphatic heterocycles. The minimum absolute atomic E-state index is 0.195. The van der Waals surface area contributed by atoms with Gasteiger partial charge in [-0.15, -0.1) is 0 Å². The summed E-state index contributed by atoms with van der Waals surface area (Å²) in [5, 5.41) is 10.0. The summed E-state index contributed by atoms with van der Waals surface area (Å²) in [6, 6.07) is 7.70. The molecule has 6 heteroatoms. The number of aryl methyl sites for hydroxylation is 1. The van der Waals surface area contributed by atoms with Crippen LogP contribution in [0.4, 0.5) is 0 Å². The highest BCUT2D eigenvalue weighted by molar-refractivity contribution is 14.1. The molecule has 2 N–H and O–H groups in total. The van der Waals surface area contributed by atoms with Crippen molar-refractivity contribution in [1.29, 1.82) is 0 Å². The van der Waals surface area contributed by atoms with Crippen molar-refractivity contribution in [3.05, 3.63) is 55.7 Å². The largest absolute Gasteiger partial charge is 0.547 e. The minimum Gasteiger partial charge on any atom is -0.508 e. The van der Waals surface area contributed by atoms with Crippen molar-refractivity contribution in [3.8, 4) is 11.5 Å². The highest BCUT2D eigenvalue weighted by Crippen LogP contribution is 2.33. The van der Waals surface area contributed by atoms with Crippen LogP contribution >= 0.6 is 30.6 Å². The summed E-state index contributed by atoms with van der Waals surface area (Å²) in [5.74, 6) is 1.24. The van der Waals surface area contributed by atoms with E-state index in [1.807, 2.05) is 26.0 Å². The Labute approximate surface area is 163 Å². The van der Waals surface area contributed by atoms with Crippen LogP contribution in [0.2, 0.25) is 0 Å². The SMILES string of the molecule is Cc1cc(OC[P+](=O)O)c(I)c(C)c1Cc1ccc(O)c(C(C)C)c1. The maximum atomic E-state index is 10.9. The quantitative estimate of drug-likeness (QED) is 0.436. The summed E-state index contributed by atoms with van der Waals surface area (Å²) in [6.45, 7) is 8.19. The number of phenolic OH excluding ortho intramolecular Hbond substituents is 1. The molecule has 0 bridgehead atoms. The Bertz CT molecular complexity index is 802. The molecule has 0 radical (unpaired) electrons. The van der Waals surface area contributed by atoms with Gasteiger partial charge in [0.25, 0.3) is 0 Å². The zero-order valence-electron chi connectivity index (χ0n) is 14.8. The average molecular weight is 473 g/mol. The highest BCUT2D eigenvalue weighted by Gasteiger charge is 2.17. The lowest BCUT2D eigenvalue weighted by atomic mass is 9.93. The van der Waals surface area contributed by atoms with Crippen molar-refractivity contribution in [1.82, 2.24) is 0 Å². The van der Waals surface area contributed by atoms with Gasteiger partial charge in [0.15, 0.2) is 0 Å². The number of hydrogen-bond donors (Lipinski definition) is 2. The Morgan fingerprint density at radius 2 is 1.92 bits per heavy atom. The first-order chi connectivity index (χ1) is 11.7. The topological polar surface area (TPSA) is 66.8 Å². The third kappa shape index (κ3) is 4.93. The third-order valence-corrected chi connectivity index (χ3v) is 5.94. The fourth-order valence-electron chi connectivity index (χ4n) is 2.84. The van der Waals surface area contributed by atoms with E-state index < -0.39 is 8.03 Å². The fourth-order valence-corrected chi connectivity index (χ4v) is 3.73. The van der Waals surface area contributed by atoms with E-state index in [0.29, 0.717) is 11.5 Å². The molecule has 134 valence electrons. The van der Waals surface area contributed by atoms with E-state index in [9.17, 15) is 9.67 Å². The predicted octanol–water partition coefficient (Wildman–Crippen LogP) is 5.40. The normalized spacial score (nSPS) is 11.7. The van der Waals surface area contributed by atoms with Crippen LogP contribution in [0.1, 0.15) is 47.6 Å². The summed E-state index contributed by atoms with van der Waals surface area (Å²) in [7, 11) is -2.32. The van der Waals surface area contributed by atoms with Gasteiger partial charge in [-0.3, -0.25) is 0 Å². The first kappa shape index (κ1) is 20.1. The summed E-state index contributed by atoms with van der Waals surface area (Å²) in [4.78, 5) is 8.95. The molecule has 0 aromatic heterocycles. The van der Waals surface area contributed by atoms with Crippen LogP contribution in [-0.2, 0) is 11.0 Å². The molecule has 0 heterocycles. The predicted molar refractivity (Wildman–Crippen MR) is 109 cm³/mol. The van der Waals surface area contributed by atoms with Crippen LogP contribution < -0.4 is 4.74 Å². The molecule has 4 nitrogen and oxygen atoms in total. The molecular weight excluding hydrogens is 450 g/mol. The summed E-state index contributed by atoms with van der Waals surface area (Å²) >= 11 is 2.22. The van der Waals surface area contributed by atoms with Crippen molar-refractivity contribution in [2.24, 2.45) is 0 Å². The zero-order valence-corrected chi connectivity index (χ0v) is 17.9. The van der Waals surface area contributed by atoms with E-state index in [2.05, 4.69) is 42.5 Å². The van der Waals surface area contributed by atoms with E-state index >= 15 is 0 Å². The van der Waals surface area contributed by atoms with Crippen molar-refractivity contribution in [3.63, 3.8) is 0 Å². The van der Waals surface area contributed by atoms with Crippen LogP contribution in [0.15, 0.2) is 24.3 Å². The van der Waals surface area contributed by atoms with Crippen molar-refractivity contribution in [2.75, 3.05) is 6.35 Å². The number of aromatic hydroxyl groups is 1. The summed E-state index contributed by atoms with van der Waals surface area (Å²) < 4.78 is 17.3. The van der Waals surface area contributed by atoms with E-state index in [4.69, 9.17) is 9.63 Å². The van der Waals surface area contributed by atoms with Gasteiger partial charge in [-0.2, -0.15) is 4.89 Å². The number of ether oxygens (including phenoxy) is 1. The molecule has 2 rings (SSSR count). The molecule has 0 spiro atoms. The second-order valence-corrected chi connectivity index (χ2v) is 8.50. The molecule has 0 fully saturated rings. The van der Waals surface area contributed by atoms with Crippen molar-refractivity contribution >= 4 is 30.6 Å². The summed E-state index contributed by atoms with van der Waals surface area (Å²) in [5.41, 5.74) is 5.51. The van der Waals surface area contributed by atoms with Gasteiger partial charge in [0.05, 0.1) is 3.57 Å². The number of halogens is 1. The van der Waals surface area contributed by atoms with Crippen LogP contribution in [-0.4, -0.2) is 16.3 Å². The lowest BCUT2D eigenvalue weighted by Crippen LogP contribution is -2.03. The Morgan fingerprint density at radius 1 is 1.24 bits per heavy atom. The number of hydrogen-bond acceptors (Lipinski definition) is 3. The second kappa shape index (κ2) is 8.47. The Hall–Kier alpha value is -1.17. The van der Waals surface area contributed by atoms with E-state index in [1.165, 1.54) is 5.56 Å². The van der Waals surface area contributed by atoms with Crippen LogP contribution in [0.5, 0.6) is 11.5 Å². The van der Waals surface area contributed by atoms with Gasteiger partial charge in [0.1, 0.15) is 11.5 Å². The third-order valence-electron chi connectivity index (χ3n) is 4.25. The monoisotopic (exact) mass is 473 g/mol. The first-order valence-corrected chi connectivity index (χ1v) is 10.5. The number of benzene rings is 2. The molecular formula is C19H23IO4P+. The highest BCUT2D eigenvalue weighted by atomic mass is 127. The molecule has 0 amide bonds. The van der Waals surface area contributed by atoms with Crippen LogP contribution in [0.25, 0.3) is 0 Å². The van der Waals surface area contributed by atoms with Gasteiger partial charge in [-0.25, -0.2) is 0 Å². The number of phenols is 1. The molecule has 2 aromatic carbocycles. The van der Waals surface area contributed by atoms with Gasteiger partial charge in [0.2, 0.25) is 0 Å². The Morgan fingerprint density at radius 3 is 2.52 bits per heavy atom. The number of rotatable bonds is 6. The van der Waals surface area contributed by atoms with Crippen molar-refractivity contribution in [2.45, 2.75) is 40.0 Å². The maximum absolute atomic E-state index is 10.9. The van der Waals surface area contributed by atoms with Gasteiger partial charge in [-0.05, 0) is 93.3 Å². The minimum atomic E-state index is -2.32. The Kier molecular flexibility index (Phi) is 6.83. The van der Waals surface area contributed by atoms with E-state index in [-0.39, 0.29) is 12.3 Å². The standard InChI is InChI=1S/C19H22IO4P/c1-11(2)15-8-14(5-6-17(15)21)9-16-12(3)7-18(19(20)13(16)4)24-10-25(22)23/h5-8,11H,9-10H2,1-4H3,(H-,21,22,23)/p+1. The molecule has 0 aliphatic carbocycles. The smallest absolute Gasteiger partial charge is 0.508 e. The molecule has 25 heavy (non-hydrogen) atoms. The van der Waals surface area contributed by atoms with Gasteiger partial charge >= 0.3 is 14.4 Å². The maximum Gasteiger partial charge on any atom is 0.547 e. The molecule has 2 aromatic rings. The molecule has 1 unspecified atom stereocenters. The molecule has 0 saturated carbocycles. The van der Waals surface area contributed by atoms with E-state index in [0.717, 1.165) is 32.2 Å². The average Bonchev–Trinajstić information content (AvgIpc) is 2.54. The lowest BCUT2D eigenvalue weighted by molar-refractivity contribution is 0.358. The zero-order chi connectivity index (χ0) is 18.7. The van der Waals surface area contributed by atoms with Crippen LogP contribution in [0, 0.1) is 17.4 Å². The van der Waals surface area contributed by atoms with Gasteiger partial charge < -0.3 is 9.84 Å². The van der Waals surface area contributed by atoms with Crippen molar-refractivity contribution < 1.29 is 19.3 Å². The first-order valence-electron chi connectivity index (χ1n) is 8.07. The summed E-state index contributed by atoms with van der Waals surface area (Å²) in [6.07, 6.45) is 0.571. The van der Waals surface area contributed by atoms with Crippen LogP contribution in [0.3, 0.4) is 0 Å². The lowest BCUT2D eigenvalue weighted by Gasteiger charge is -2.16. The second-order valence-electron chi connectivity index (χ2n) is 6.46. The molecule has 0 saturated heterocycles. The van der Waals surface area contributed by atoms with Gasteiger partial charge in [-0.1, -0.05) is 26.0 Å². The fraction of sp³-hybridized carbons (Fsp3) is 0.368. The van der Waals surface area contributed by atoms with E-state index in [1.54, 1.807) is 6.07 Å². The Balaban J connectivity index is 2.36.